The lowest BCUT2D eigenvalue weighted by atomic mass is 10.1. The standard InChI is InChI=1S/C12H7O2/c13-11-7-8-5-6-14-12(8)10-4-2-1-3-9(10)11/h1-4,6-7,13H. The molecule has 1 N–H and O–H groups in total. The topological polar surface area (TPSA) is 33.4 Å². The summed E-state index contributed by atoms with van der Waals surface area (Å²) in [5, 5.41) is 12.3. The number of furan rings is 1. The van der Waals surface area contributed by atoms with Crippen LogP contribution in [0.2, 0.25) is 0 Å². The van der Waals surface area contributed by atoms with Crippen LogP contribution in [0.4, 0.5) is 0 Å². The predicted molar refractivity (Wildman–Crippen MR) is 54.2 cm³/mol. The lowest BCUT2D eigenvalue weighted by Gasteiger charge is -2.00. The predicted octanol–water partition coefficient (Wildman–Crippen LogP) is 3.09. The van der Waals surface area contributed by atoms with Gasteiger partial charge in [-0.15, -0.1) is 0 Å². The van der Waals surface area contributed by atoms with Crippen LogP contribution in [0.3, 0.4) is 0 Å². The Balaban J connectivity index is 2.67. The van der Waals surface area contributed by atoms with Crippen molar-refractivity contribution in [2.45, 2.75) is 0 Å². The van der Waals surface area contributed by atoms with Crippen LogP contribution >= 0.6 is 0 Å². The monoisotopic (exact) mass is 183 g/mol. The van der Waals surface area contributed by atoms with Crippen molar-refractivity contribution in [1.29, 1.82) is 0 Å². The Labute approximate surface area is 80.4 Å². The van der Waals surface area contributed by atoms with Gasteiger partial charge in [-0.2, -0.15) is 0 Å². The highest BCUT2D eigenvalue weighted by atomic mass is 16.3. The van der Waals surface area contributed by atoms with Gasteiger partial charge in [0.25, 0.3) is 0 Å². The molecule has 0 fully saturated rings. The molecule has 0 spiro atoms. The molecule has 0 unspecified atom stereocenters. The zero-order chi connectivity index (χ0) is 9.54. The summed E-state index contributed by atoms with van der Waals surface area (Å²) in [5.41, 5.74) is 0.776. The molecule has 1 heterocycles. The lowest BCUT2D eigenvalue weighted by molar-refractivity contribution is 0.482. The van der Waals surface area contributed by atoms with E-state index in [0.29, 0.717) is 0 Å². The molecule has 0 atom stereocenters. The second-order valence-corrected chi connectivity index (χ2v) is 3.20. The van der Waals surface area contributed by atoms with Crippen molar-refractivity contribution in [3.05, 3.63) is 42.7 Å². The number of hydrogen-bond acceptors (Lipinski definition) is 2. The van der Waals surface area contributed by atoms with E-state index in [1.165, 1.54) is 6.26 Å². The highest BCUT2D eigenvalue weighted by molar-refractivity contribution is 6.07. The van der Waals surface area contributed by atoms with Gasteiger partial charge in [-0.1, -0.05) is 24.3 Å². The highest BCUT2D eigenvalue weighted by Crippen LogP contribution is 2.32. The molecule has 2 aromatic carbocycles. The molecule has 2 nitrogen and oxygen atoms in total. The third-order valence-electron chi connectivity index (χ3n) is 2.36. The summed E-state index contributed by atoms with van der Waals surface area (Å²) in [7, 11) is 0. The summed E-state index contributed by atoms with van der Waals surface area (Å²) < 4.78 is 5.32. The fourth-order valence-electron chi connectivity index (χ4n) is 1.72. The number of aromatic hydroxyl groups is 1. The zero-order valence-corrected chi connectivity index (χ0v) is 7.32. The average Bonchev–Trinajstić information content (AvgIpc) is 2.66. The van der Waals surface area contributed by atoms with Crippen molar-refractivity contribution in [3.8, 4) is 5.75 Å². The molecule has 0 saturated heterocycles. The Hall–Kier alpha value is -1.96. The summed E-state index contributed by atoms with van der Waals surface area (Å²) >= 11 is 0. The third-order valence-corrected chi connectivity index (χ3v) is 2.36. The fraction of sp³-hybridized carbons (Fsp3) is 0. The average molecular weight is 183 g/mol. The lowest BCUT2D eigenvalue weighted by Crippen LogP contribution is -1.74. The van der Waals surface area contributed by atoms with E-state index in [4.69, 9.17) is 4.42 Å². The maximum atomic E-state index is 9.73. The van der Waals surface area contributed by atoms with Crippen LogP contribution in [0.15, 0.2) is 41.0 Å². The van der Waals surface area contributed by atoms with E-state index in [2.05, 4.69) is 6.07 Å². The van der Waals surface area contributed by atoms with Crippen molar-refractivity contribution in [1.82, 2.24) is 0 Å². The SMILES string of the molecule is Oc1cc2[c]coc2c2ccccc12. The number of rotatable bonds is 0. The van der Waals surface area contributed by atoms with Gasteiger partial charge in [0.15, 0.2) is 0 Å². The number of hydrogen-bond donors (Lipinski definition) is 1. The molecule has 0 aliphatic heterocycles. The quantitative estimate of drug-likeness (QED) is 0.581. The van der Waals surface area contributed by atoms with Gasteiger partial charge in [0.2, 0.25) is 0 Å². The van der Waals surface area contributed by atoms with Crippen LogP contribution in [-0.4, -0.2) is 5.11 Å². The number of phenolic OH excluding ortho intramolecular Hbond substituents is 1. The van der Waals surface area contributed by atoms with Gasteiger partial charge < -0.3 is 9.52 Å². The second kappa shape index (κ2) is 2.51. The molecule has 3 rings (SSSR count). The Morgan fingerprint density at radius 1 is 1.14 bits per heavy atom. The summed E-state index contributed by atoms with van der Waals surface area (Å²) in [5.74, 6) is 0.269. The Morgan fingerprint density at radius 2 is 1.93 bits per heavy atom. The molecular weight excluding hydrogens is 176 g/mol. The molecule has 0 amide bonds. The van der Waals surface area contributed by atoms with E-state index in [1.54, 1.807) is 6.07 Å². The van der Waals surface area contributed by atoms with E-state index < -0.39 is 0 Å². The van der Waals surface area contributed by atoms with Gasteiger partial charge in [-0.3, -0.25) is 0 Å². The highest BCUT2D eigenvalue weighted by Gasteiger charge is 2.06. The van der Waals surface area contributed by atoms with Crippen molar-refractivity contribution in [3.63, 3.8) is 0 Å². The molecule has 2 heteroatoms. The Bertz CT molecular complexity index is 608. The molecule has 67 valence electrons. The van der Waals surface area contributed by atoms with Crippen LogP contribution in [0, 0.1) is 6.07 Å². The number of benzene rings is 2. The summed E-state index contributed by atoms with van der Waals surface area (Å²) in [4.78, 5) is 0. The van der Waals surface area contributed by atoms with Crippen molar-refractivity contribution in [2.75, 3.05) is 0 Å². The minimum absolute atomic E-state index is 0.269. The maximum absolute atomic E-state index is 9.73. The molecule has 1 aromatic heterocycles. The normalized spacial score (nSPS) is 11.1. The first-order chi connectivity index (χ1) is 6.86. The largest absolute Gasteiger partial charge is 0.507 e. The molecule has 0 bridgehead atoms. The van der Waals surface area contributed by atoms with Crippen LogP contribution < -0.4 is 0 Å². The molecular formula is C12H7O2. The van der Waals surface area contributed by atoms with Crippen LogP contribution in [-0.2, 0) is 0 Å². The molecule has 14 heavy (non-hydrogen) atoms. The summed E-state index contributed by atoms with van der Waals surface area (Å²) in [6.07, 6.45) is 1.51. The zero-order valence-electron chi connectivity index (χ0n) is 7.32. The van der Waals surface area contributed by atoms with Gasteiger partial charge in [0, 0.05) is 22.2 Å². The Kier molecular flexibility index (Phi) is 1.34. The van der Waals surface area contributed by atoms with E-state index >= 15 is 0 Å². The molecule has 3 aromatic rings. The minimum Gasteiger partial charge on any atom is -0.507 e. The van der Waals surface area contributed by atoms with Gasteiger partial charge >= 0.3 is 0 Å². The first kappa shape index (κ1) is 7.44. The van der Waals surface area contributed by atoms with Crippen molar-refractivity contribution in [2.24, 2.45) is 0 Å². The van der Waals surface area contributed by atoms with Crippen molar-refractivity contribution < 1.29 is 9.52 Å². The van der Waals surface area contributed by atoms with E-state index in [0.717, 1.165) is 21.7 Å². The van der Waals surface area contributed by atoms with Gasteiger partial charge in [-0.25, -0.2) is 0 Å². The third kappa shape index (κ3) is 0.852. The summed E-state index contributed by atoms with van der Waals surface area (Å²) in [6, 6.07) is 12.2. The van der Waals surface area contributed by atoms with Crippen LogP contribution in [0.5, 0.6) is 5.75 Å². The van der Waals surface area contributed by atoms with Gasteiger partial charge in [-0.05, 0) is 6.07 Å². The molecule has 1 radical (unpaired) electrons. The fourth-order valence-corrected chi connectivity index (χ4v) is 1.72. The van der Waals surface area contributed by atoms with E-state index in [1.807, 2.05) is 24.3 Å². The van der Waals surface area contributed by atoms with E-state index in [9.17, 15) is 5.11 Å². The summed E-state index contributed by atoms with van der Waals surface area (Å²) in [6.45, 7) is 0. The number of phenols is 1. The van der Waals surface area contributed by atoms with Crippen LogP contribution in [0.25, 0.3) is 21.7 Å². The molecule has 0 aliphatic rings. The Morgan fingerprint density at radius 3 is 2.79 bits per heavy atom. The van der Waals surface area contributed by atoms with Gasteiger partial charge in [0.1, 0.15) is 11.3 Å². The van der Waals surface area contributed by atoms with Crippen LogP contribution in [0.1, 0.15) is 0 Å². The van der Waals surface area contributed by atoms with E-state index in [-0.39, 0.29) is 5.75 Å². The molecule has 0 aliphatic carbocycles. The van der Waals surface area contributed by atoms with Gasteiger partial charge in [0.05, 0.1) is 6.26 Å². The minimum atomic E-state index is 0.269. The maximum Gasteiger partial charge on any atom is 0.142 e. The first-order valence-electron chi connectivity index (χ1n) is 4.36. The smallest absolute Gasteiger partial charge is 0.142 e. The first-order valence-corrected chi connectivity index (χ1v) is 4.36. The second-order valence-electron chi connectivity index (χ2n) is 3.20. The number of fused-ring (bicyclic) bond motifs is 3. The van der Waals surface area contributed by atoms with Crippen molar-refractivity contribution >= 4 is 21.7 Å². The molecule has 0 saturated carbocycles.